The van der Waals surface area contributed by atoms with Crippen molar-refractivity contribution in [3.05, 3.63) is 53.9 Å². The van der Waals surface area contributed by atoms with Crippen LogP contribution in [0.5, 0.6) is 0 Å². The molecule has 1 amide bonds. The number of sulfonamides is 1. The van der Waals surface area contributed by atoms with Crippen molar-refractivity contribution < 1.29 is 17.9 Å². The summed E-state index contributed by atoms with van der Waals surface area (Å²) in [5.74, 6) is 0.473. The summed E-state index contributed by atoms with van der Waals surface area (Å²) in [6, 6.07) is 12.8. The Balaban J connectivity index is 1.24. The predicted molar refractivity (Wildman–Crippen MR) is 152 cm³/mol. The van der Waals surface area contributed by atoms with Crippen LogP contribution in [-0.4, -0.2) is 61.0 Å². The molecule has 1 saturated carbocycles. The second-order valence-electron chi connectivity index (χ2n) is 11.3. The fourth-order valence-corrected chi connectivity index (χ4v) is 7.18. The van der Waals surface area contributed by atoms with Gasteiger partial charge in [-0.2, -0.15) is 0 Å². The zero-order valence-corrected chi connectivity index (χ0v) is 24.0. The monoisotopic (exact) mass is 550 g/mol. The van der Waals surface area contributed by atoms with E-state index in [1.807, 2.05) is 43.0 Å². The average Bonchev–Trinajstić information content (AvgIpc) is 2.91. The highest BCUT2D eigenvalue weighted by atomic mass is 32.2. The second-order valence-corrected chi connectivity index (χ2v) is 13.0. The van der Waals surface area contributed by atoms with Crippen LogP contribution in [0.4, 0.5) is 0 Å². The van der Waals surface area contributed by atoms with Gasteiger partial charge in [-0.05, 0) is 81.8 Å². The van der Waals surface area contributed by atoms with Gasteiger partial charge in [0.05, 0.1) is 35.4 Å². The Kier molecular flexibility index (Phi) is 8.03. The molecule has 208 valence electrons. The zero-order valence-electron chi connectivity index (χ0n) is 23.2. The number of morpholine rings is 1. The van der Waals surface area contributed by atoms with Gasteiger partial charge in [0.15, 0.2) is 0 Å². The van der Waals surface area contributed by atoms with E-state index in [2.05, 4.69) is 23.6 Å². The minimum atomic E-state index is -3.70. The highest BCUT2D eigenvalue weighted by Crippen LogP contribution is 2.30. The highest BCUT2D eigenvalue weighted by molar-refractivity contribution is 7.89. The van der Waals surface area contributed by atoms with Gasteiger partial charge in [0.1, 0.15) is 0 Å². The molecule has 3 aromatic rings. The molecular weight excluding hydrogens is 512 g/mol. The summed E-state index contributed by atoms with van der Waals surface area (Å²) in [6.45, 7) is 9.95. The van der Waals surface area contributed by atoms with Gasteiger partial charge >= 0.3 is 0 Å². The van der Waals surface area contributed by atoms with Crippen molar-refractivity contribution in [3.63, 3.8) is 0 Å². The molecule has 2 fully saturated rings. The maximum Gasteiger partial charge on any atom is 0.240 e. The van der Waals surface area contributed by atoms with Crippen LogP contribution in [0.15, 0.2) is 47.4 Å². The number of fused-ring (bicyclic) bond motifs is 1. The van der Waals surface area contributed by atoms with E-state index in [9.17, 15) is 13.2 Å². The summed E-state index contributed by atoms with van der Waals surface area (Å²) >= 11 is 0. The molecule has 0 radical (unpaired) electrons. The van der Waals surface area contributed by atoms with Crippen molar-refractivity contribution in [2.75, 3.05) is 19.8 Å². The van der Waals surface area contributed by atoms with Crippen molar-refractivity contribution >= 4 is 26.8 Å². The molecule has 2 aliphatic rings. The van der Waals surface area contributed by atoms with E-state index in [0.717, 1.165) is 33.5 Å². The lowest BCUT2D eigenvalue weighted by Gasteiger charge is -2.41. The van der Waals surface area contributed by atoms with E-state index in [1.54, 1.807) is 18.2 Å². The summed E-state index contributed by atoms with van der Waals surface area (Å²) in [4.78, 5) is 24.7. The number of hydrogen-bond donors (Lipinski definition) is 1. The number of carbonyl (C=O) groups excluding carboxylic acids is 1. The quantitative estimate of drug-likeness (QED) is 0.480. The number of amides is 1. The highest BCUT2D eigenvalue weighted by Gasteiger charge is 2.36. The lowest BCUT2D eigenvalue weighted by Crippen LogP contribution is -2.53. The molecule has 2 aromatic heterocycles. The molecule has 9 heteroatoms. The maximum absolute atomic E-state index is 13.3. The number of aromatic nitrogens is 2. The van der Waals surface area contributed by atoms with Crippen molar-refractivity contribution in [1.82, 2.24) is 19.6 Å². The van der Waals surface area contributed by atoms with E-state index < -0.39 is 10.0 Å². The fourth-order valence-electron chi connectivity index (χ4n) is 5.84. The molecule has 0 unspecified atom stereocenters. The number of ether oxygens (including phenoxy) is 1. The zero-order chi connectivity index (χ0) is 27.7. The SMILES string of the molecule is Cc1cc(-c2ccc3cc(S(=O)(=O)NC4CCC(C(=O)N5CCOC[C@@H]5C(C)C)CC4)ccc3n2)cc(C)n1. The van der Waals surface area contributed by atoms with Crippen LogP contribution in [0.25, 0.3) is 22.2 Å². The van der Waals surface area contributed by atoms with Crippen LogP contribution >= 0.6 is 0 Å². The van der Waals surface area contributed by atoms with Crippen molar-refractivity contribution in [2.24, 2.45) is 11.8 Å². The third-order valence-corrected chi connectivity index (χ3v) is 9.48. The van der Waals surface area contributed by atoms with Gasteiger partial charge in [-0.1, -0.05) is 19.9 Å². The van der Waals surface area contributed by atoms with Crippen LogP contribution in [-0.2, 0) is 19.6 Å². The fraction of sp³-hybridized carbons (Fsp3) is 0.500. The van der Waals surface area contributed by atoms with Crippen LogP contribution in [0.2, 0.25) is 0 Å². The Bertz CT molecular complexity index is 1440. The molecule has 3 heterocycles. The third kappa shape index (κ3) is 6.15. The number of rotatable bonds is 6. The van der Waals surface area contributed by atoms with Gasteiger partial charge in [0.25, 0.3) is 0 Å². The first-order valence-corrected chi connectivity index (χ1v) is 15.4. The van der Waals surface area contributed by atoms with Crippen LogP contribution in [0.1, 0.15) is 50.9 Å². The smallest absolute Gasteiger partial charge is 0.240 e. The average molecular weight is 551 g/mol. The summed E-state index contributed by atoms with van der Waals surface area (Å²) in [5, 5.41) is 0.767. The standard InChI is InChI=1S/C30H38N4O4S/c1-19(2)29-18-38-14-13-34(29)30(35)22-5-8-25(9-6-22)33-39(36,37)26-10-12-27-23(17-26)7-11-28(32-27)24-15-20(3)31-21(4)16-24/h7,10-12,15-17,19,22,25,29,33H,5-6,8-9,13-14,18H2,1-4H3/t22?,25?,29-/m1/s1. The molecule has 1 atom stereocenters. The molecule has 1 saturated heterocycles. The van der Waals surface area contributed by atoms with Crippen LogP contribution < -0.4 is 4.72 Å². The van der Waals surface area contributed by atoms with Crippen molar-refractivity contribution in [1.29, 1.82) is 0 Å². The number of benzene rings is 1. The molecule has 0 bridgehead atoms. The maximum atomic E-state index is 13.3. The van der Waals surface area contributed by atoms with E-state index in [1.165, 1.54) is 0 Å². The third-order valence-electron chi connectivity index (χ3n) is 7.96. The molecule has 8 nitrogen and oxygen atoms in total. The van der Waals surface area contributed by atoms with Gasteiger partial charge in [-0.3, -0.25) is 9.78 Å². The van der Waals surface area contributed by atoms with Crippen molar-refractivity contribution in [3.8, 4) is 11.3 Å². The molecule has 39 heavy (non-hydrogen) atoms. The van der Waals surface area contributed by atoms with Gasteiger partial charge in [-0.25, -0.2) is 18.1 Å². The van der Waals surface area contributed by atoms with Gasteiger partial charge in [-0.15, -0.1) is 0 Å². The van der Waals surface area contributed by atoms with Gasteiger partial charge < -0.3 is 9.64 Å². The van der Waals surface area contributed by atoms with E-state index in [-0.39, 0.29) is 28.8 Å². The van der Waals surface area contributed by atoms with Crippen LogP contribution in [0, 0.1) is 25.7 Å². The Morgan fingerprint density at radius 3 is 2.41 bits per heavy atom. The lowest BCUT2D eigenvalue weighted by molar-refractivity contribution is -0.147. The van der Waals surface area contributed by atoms with E-state index >= 15 is 0 Å². The molecule has 0 spiro atoms. The predicted octanol–water partition coefficient (Wildman–Crippen LogP) is 4.63. The number of nitrogens with zero attached hydrogens (tertiary/aromatic N) is 3. The number of hydrogen-bond acceptors (Lipinski definition) is 6. The molecule has 5 rings (SSSR count). The number of carbonyl (C=O) groups is 1. The van der Waals surface area contributed by atoms with Gasteiger partial charge in [0.2, 0.25) is 15.9 Å². The summed E-state index contributed by atoms with van der Waals surface area (Å²) in [7, 11) is -3.70. The van der Waals surface area contributed by atoms with Crippen LogP contribution in [0.3, 0.4) is 0 Å². The first-order valence-electron chi connectivity index (χ1n) is 13.9. The Morgan fingerprint density at radius 2 is 1.72 bits per heavy atom. The molecule has 1 aliphatic carbocycles. The summed E-state index contributed by atoms with van der Waals surface area (Å²) in [6.07, 6.45) is 2.67. The lowest BCUT2D eigenvalue weighted by atomic mass is 9.85. The number of aryl methyl sites for hydroxylation is 2. The Labute approximate surface area is 231 Å². The first kappa shape index (κ1) is 27.7. The first-order chi connectivity index (χ1) is 18.6. The molecule has 1 N–H and O–H groups in total. The second kappa shape index (κ2) is 11.3. The van der Waals surface area contributed by atoms with Gasteiger partial charge in [0, 0.05) is 40.8 Å². The van der Waals surface area contributed by atoms with E-state index in [4.69, 9.17) is 9.72 Å². The topological polar surface area (TPSA) is 101 Å². The number of pyridine rings is 2. The van der Waals surface area contributed by atoms with E-state index in [0.29, 0.717) is 51.4 Å². The normalized spacial score (nSPS) is 22.4. The summed E-state index contributed by atoms with van der Waals surface area (Å²) in [5.41, 5.74) is 4.41. The summed E-state index contributed by atoms with van der Waals surface area (Å²) < 4.78 is 35.0. The largest absolute Gasteiger partial charge is 0.377 e. The van der Waals surface area contributed by atoms with Crippen molar-refractivity contribution in [2.45, 2.75) is 70.4 Å². The molecule has 1 aromatic carbocycles. The minimum Gasteiger partial charge on any atom is -0.377 e. The Hall–Kier alpha value is -2.88. The molecular formula is C30H38N4O4S. The minimum absolute atomic E-state index is 0.0565. The Morgan fingerprint density at radius 1 is 1.00 bits per heavy atom. The number of nitrogens with one attached hydrogen (secondary N) is 1. The molecule has 1 aliphatic heterocycles.